The fraction of sp³-hybridized carbons (Fsp3) is 0.833. The molecule has 0 aliphatic heterocycles. The lowest BCUT2D eigenvalue weighted by atomic mass is 9.86. The Labute approximate surface area is 134 Å². The average molecular weight is 310 g/mol. The minimum absolute atomic E-state index is 0.113. The predicted octanol–water partition coefficient (Wildman–Crippen LogP) is 3.85. The van der Waals surface area contributed by atoms with E-state index < -0.39 is 0 Å². The molecular formula is C18H30O4. The molecule has 0 aromatic carbocycles. The minimum atomic E-state index is -0.113. The molecule has 0 N–H and O–H groups in total. The number of ether oxygens (including phenoxy) is 1. The van der Waals surface area contributed by atoms with E-state index in [1.54, 1.807) is 6.92 Å². The van der Waals surface area contributed by atoms with Crippen molar-refractivity contribution in [3.8, 4) is 0 Å². The molecule has 4 nitrogen and oxygen atoms in total. The molecule has 0 amide bonds. The maximum Gasteiger partial charge on any atom is 0.305 e. The van der Waals surface area contributed by atoms with Crippen LogP contribution in [0.3, 0.4) is 0 Å². The summed E-state index contributed by atoms with van der Waals surface area (Å²) in [5, 5.41) is 0. The topological polar surface area (TPSA) is 60.4 Å². The molecular weight excluding hydrogens is 280 g/mol. The van der Waals surface area contributed by atoms with Crippen LogP contribution in [0.1, 0.15) is 78.1 Å². The van der Waals surface area contributed by atoms with Crippen molar-refractivity contribution in [2.45, 2.75) is 78.1 Å². The van der Waals surface area contributed by atoms with Crippen molar-refractivity contribution in [2.75, 3.05) is 6.61 Å². The number of hydrogen-bond acceptors (Lipinski definition) is 4. The van der Waals surface area contributed by atoms with Crippen LogP contribution in [0.25, 0.3) is 0 Å². The van der Waals surface area contributed by atoms with Crippen molar-refractivity contribution in [1.29, 1.82) is 0 Å². The first-order chi connectivity index (χ1) is 10.5. The Morgan fingerprint density at radius 2 is 1.82 bits per heavy atom. The van der Waals surface area contributed by atoms with Crippen molar-refractivity contribution in [3.63, 3.8) is 0 Å². The van der Waals surface area contributed by atoms with E-state index in [0.29, 0.717) is 37.6 Å². The Kier molecular flexibility index (Phi) is 9.02. The van der Waals surface area contributed by atoms with E-state index in [2.05, 4.69) is 0 Å². The largest absolute Gasteiger partial charge is 0.466 e. The van der Waals surface area contributed by atoms with E-state index >= 15 is 0 Å². The lowest BCUT2D eigenvalue weighted by Crippen LogP contribution is -2.15. The molecule has 22 heavy (non-hydrogen) atoms. The SMILES string of the molecule is CCOC(=O)CCCCCC[C@@H]1C(=O)CC[C@@H]1CCC(C)=O. The molecule has 4 heteroatoms. The van der Waals surface area contributed by atoms with Gasteiger partial charge >= 0.3 is 5.97 Å². The normalized spacial score (nSPS) is 21.1. The van der Waals surface area contributed by atoms with Crippen molar-refractivity contribution in [1.82, 2.24) is 0 Å². The van der Waals surface area contributed by atoms with Gasteiger partial charge in [-0.1, -0.05) is 19.3 Å². The molecule has 0 spiro atoms. The molecule has 1 saturated carbocycles. The van der Waals surface area contributed by atoms with Crippen LogP contribution in [0, 0.1) is 11.8 Å². The van der Waals surface area contributed by atoms with E-state index in [4.69, 9.17) is 4.74 Å². The summed E-state index contributed by atoms with van der Waals surface area (Å²) in [7, 11) is 0. The second-order valence-corrected chi connectivity index (χ2v) is 6.37. The van der Waals surface area contributed by atoms with Crippen LogP contribution in [0.4, 0.5) is 0 Å². The number of hydrogen-bond donors (Lipinski definition) is 0. The van der Waals surface area contributed by atoms with Crippen molar-refractivity contribution >= 4 is 17.5 Å². The van der Waals surface area contributed by atoms with E-state index in [9.17, 15) is 14.4 Å². The molecule has 0 saturated heterocycles. The number of ketones is 2. The van der Waals surface area contributed by atoms with E-state index in [1.807, 2.05) is 6.92 Å². The Balaban J connectivity index is 2.15. The summed E-state index contributed by atoms with van der Waals surface area (Å²) in [4.78, 5) is 34.3. The lowest BCUT2D eigenvalue weighted by molar-refractivity contribution is -0.143. The molecule has 0 radical (unpaired) electrons. The fourth-order valence-corrected chi connectivity index (χ4v) is 3.33. The van der Waals surface area contributed by atoms with Crippen LogP contribution in [-0.2, 0) is 19.1 Å². The monoisotopic (exact) mass is 310 g/mol. The zero-order valence-electron chi connectivity index (χ0n) is 14.1. The maximum absolute atomic E-state index is 12.0. The highest BCUT2D eigenvalue weighted by Crippen LogP contribution is 2.35. The van der Waals surface area contributed by atoms with Gasteiger partial charge in [-0.3, -0.25) is 9.59 Å². The van der Waals surface area contributed by atoms with Crippen molar-refractivity contribution < 1.29 is 19.1 Å². The van der Waals surface area contributed by atoms with Gasteiger partial charge in [0.1, 0.15) is 11.6 Å². The highest BCUT2D eigenvalue weighted by Gasteiger charge is 2.33. The molecule has 0 aromatic rings. The van der Waals surface area contributed by atoms with Gasteiger partial charge in [0, 0.05) is 25.2 Å². The summed E-state index contributed by atoms with van der Waals surface area (Å²) in [6.07, 6.45) is 8.54. The van der Waals surface area contributed by atoms with E-state index in [-0.39, 0.29) is 17.7 Å². The standard InChI is InChI=1S/C18H30O4/c1-3-22-18(21)9-7-5-4-6-8-16-15(11-10-14(2)19)12-13-17(16)20/h15-16H,3-13H2,1-2H3/t15-,16-/m0/s1. The molecule has 0 unspecified atom stereocenters. The molecule has 1 rings (SSSR count). The summed E-state index contributed by atoms with van der Waals surface area (Å²) < 4.78 is 4.89. The van der Waals surface area contributed by atoms with Crippen LogP contribution in [-0.4, -0.2) is 24.1 Å². The fourth-order valence-electron chi connectivity index (χ4n) is 3.33. The first-order valence-corrected chi connectivity index (χ1v) is 8.72. The number of rotatable bonds is 11. The van der Waals surface area contributed by atoms with Gasteiger partial charge in [0.2, 0.25) is 0 Å². The van der Waals surface area contributed by atoms with Crippen LogP contribution < -0.4 is 0 Å². The zero-order valence-corrected chi connectivity index (χ0v) is 14.1. The number of carbonyl (C=O) groups is 3. The number of unbranched alkanes of at least 4 members (excludes halogenated alkanes) is 3. The summed E-state index contributed by atoms with van der Waals surface area (Å²) in [5.41, 5.74) is 0. The molecule has 0 aromatic heterocycles. The van der Waals surface area contributed by atoms with Crippen LogP contribution >= 0.6 is 0 Å². The molecule has 2 atom stereocenters. The summed E-state index contributed by atoms with van der Waals surface area (Å²) in [5.74, 6) is 1.08. The third-order valence-corrected chi connectivity index (χ3v) is 4.56. The number of esters is 1. The van der Waals surface area contributed by atoms with Crippen LogP contribution in [0.5, 0.6) is 0 Å². The van der Waals surface area contributed by atoms with E-state index in [1.165, 1.54) is 0 Å². The van der Waals surface area contributed by atoms with Crippen LogP contribution in [0.15, 0.2) is 0 Å². The van der Waals surface area contributed by atoms with Crippen molar-refractivity contribution in [2.24, 2.45) is 11.8 Å². The second-order valence-electron chi connectivity index (χ2n) is 6.37. The van der Waals surface area contributed by atoms with Gasteiger partial charge in [-0.25, -0.2) is 0 Å². The Bertz CT molecular complexity index is 375. The molecule has 1 aliphatic rings. The Morgan fingerprint density at radius 1 is 1.09 bits per heavy atom. The third-order valence-electron chi connectivity index (χ3n) is 4.56. The quantitative estimate of drug-likeness (QED) is 0.429. The van der Waals surface area contributed by atoms with Crippen LogP contribution in [0.2, 0.25) is 0 Å². The molecule has 1 fully saturated rings. The second kappa shape index (κ2) is 10.5. The number of Topliss-reactive ketones (excluding diaryl/α,β-unsaturated/α-hetero) is 2. The number of carbonyl (C=O) groups excluding carboxylic acids is 3. The van der Waals surface area contributed by atoms with Crippen molar-refractivity contribution in [3.05, 3.63) is 0 Å². The average Bonchev–Trinajstić information content (AvgIpc) is 2.81. The summed E-state index contributed by atoms with van der Waals surface area (Å²) in [6.45, 7) is 3.89. The summed E-state index contributed by atoms with van der Waals surface area (Å²) in [6, 6.07) is 0. The Morgan fingerprint density at radius 3 is 2.50 bits per heavy atom. The Hall–Kier alpha value is -1.19. The lowest BCUT2D eigenvalue weighted by Gasteiger charge is -2.17. The van der Waals surface area contributed by atoms with Gasteiger partial charge in [0.15, 0.2) is 0 Å². The predicted molar refractivity (Wildman–Crippen MR) is 85.5 cm³/mol. The van der Waals surface area contributed by atoms with Gasteiger partial charge in [-0.15, -0.1) is 0 Å². The highest BCUT2D eigenvalue weighted by atomic mass is 16.5. The minimum Gasteiger partial charge on any atom is -0.466 e. The van der Waals surface area contributed by atoms with E-state index in [0.717, 1.165) is 44.9 Å². The molecule has 126 valence electrons. The first-order valence-electron chi connectivity index (χ1n) is 8.72. The van der Waals surface area contributed by atoms with Gasteiger partial charge in [-0.05, 0) is 45.4 Å². The highest BCUT2D eigenvalue weighted by molar-refractivity contribution is 5.83. The zero-order chi connectivity index (χ0) is 16.4. The van der Waals surface area contributed by atoms with Gasteiger partial charge in [-0.2, -0.15) is 0 Å². The molecule has 1 aliphatic carbocycles. The smallest absolute Gasteiger partial charge is 0.305 e. The van der Waals surface area contributed by atoms with Gasteiger partial charge in [0.05, 0.1) is 6.61 Å². The van der Waals surface area contributed by atoms with Gasteiger partial charge in [0.25, 0.3) is 0 Å². The maximum atomic E-state index is 12.0. The first kappa shape index (κ1) is 18.9. The third kappa shape index (κ3) is 7.19. The molecule has 0 heterocycles. The van der Waals surface area contributed by atoms with Gasteiger partial charge < -0.3 is 9.53 Å². The summed E-state index contributed by atoms with van der Waals surface area (Å²) >= 11 is 0. The molecule has 0 bridgehead atoms.